The standard InChI is InChI=1S/C39H48N6O5S2/c1-29-10-8-9-11-31(29)27-39(50-4)21-24-44(25-22-39)33-16-14-30(15-17-33)38(40)42-52(48,49)35-18-19-36(37(26-35)45(46)47)41-32(20-23-43(2)3)28-51-34-12-6-5-7-13-34/h5-19,26,32,41H,20-25,27-28H2,1-4H3,(H2,40,42)/t32-/m1/s1. The van der Waals surface area contributed by atoms with Crippen LogP contribution in [0.5, 0.6) is 0 Å². The van der Waals surface area contributed by atoms with Crippen molar-refractivity contribution in [1.29, 1.82) is 5.41 Å². The molecule has 5 rings (SSSR count). The number of nitrogens with zero attached hydrogens (tertiary/aromatic N) is 3. The van der Waals surface area contributed by atoms with Crippen molar-refractivity contribution in [3.8, 4) is 0 Å². The summed E-state index contributed by atoms with van der Waals surface area (Å²) in [6.45, 7) is 4.49. The minimum atomic E-state index is -4.29. The van der Waals surface area contributed by atoms with Crippen molar-refractivity contribution in [1.82, 2.24) is 9.62 Å². The van der Waals surface area contributed by atoms with Gasteiger partial charge in [0.1, 0.15) is 11.5 Å². The number of aryl methyl sites for hydroxylation is 1. The predicted molar refractivity (Wildman–Crippen MR) is 211 cm³/mol. The van der Waals surface area contributed by atoms with E-state index in [1.807, 2.05) is 67.5 Å². The van der Waals surface area contributed by atoms with Crippen LogP contribution in [0.4, 0.5) is 17.1 Å². The average molecular weight is 745 g/mol. The fourth-order valence-electron chi connectivity index (χ4n) is 6.37. The van der Waals surface area contributed by atoms with Crippen LogP contribution in [-0.2, 0) is 21.2 Å². The minimum Gasteiger partial charge on any atom is -0.378 e. The van der Waals surface area contributed by atoms with E-state index in [1.165, 1.54) is 23.3 Å². The second-order valence-electron chi connectivity index (χ2n) is 13.5. The molecule has 276 valence electrons. The number of hydrogen-bond donors (Lipinski definition) is 3. The van der Waals surface area contributed by atoms with Crippen LogP contribution in [0, 0.1) is 22.4 Å². The molecule has 13 heteroatoms. The molecule has 11 nitrogen and oxygen atoms in total. The van der Waals surface area contributed by atoms with Crippen molar-refractivity contribution in [2.75, 3.05) is 56.8 Å². The number of thioether (sulfide) groups is 1. The fourth-order valence-corrected chi connectivity index (χ4v) is 8.38. The quantitative estimate of drug-likeness (QED) is 0.0365. The molecule has 52 heavy (non-hydrogen) atoms. The Bertz CT molecular complexity index is 1930. The van der Waals surface area contributed by atoms with Gasteiger partial charge in [-0.3, -0.25) is 20.2 Å². The number of nitro benzene ring substituents is 1. The van der Waals surface area contributed by atoms with Crippen LogP contribution in [0.3, 0.4) is 0 Å². The summed E-state index contributed by atoms with van der Waals surface area (Å²) in [5, 5.41) is 24.0. The summed E-state index contributed by atoms with van der Waals surface area (Å²) in [6.07, 6.45) is 3.30. The van der Waals surface area contributed by atoms with Gasteiger partial charge in [0.2, 0.25) is 0 Å². The third kappa shape index (κ3) is 10.1. The Kier molecular flexibility index (Phi) is 13.0. The molecule has 0 spiro atoms. The molecule has 0 saturated carbocycles. The zero-order valence-electron chi connectivity index (χ0n) is 30.2. The normalized spacial score (nSPS) is 14.9. The van der Waals surface area contributed by atoms with E-state index in [4.69, 9.17) is 10.1 Å². The van der Waals surface area contributed by atoms with Crippen molar-refractivity contribution in [2.24, 2.45) is 0 Å². The summed E-state index contributed by atoms with van der Waals surface area (Å²) in [7, 11) is 1.43. The number of nitrogens with one attached hydrogen (secondary N) is 3. The molecular weight excluding hydrogens is 697 g/mol. The summed E-state index contributed by atoms with van der Waals surface area (Å²) in [6, 6.07) is 29.2. The van der Waals surface area contributed by atoms with Crippen molar-refractivity contribution < 1.29 is 18.1 Å². The molecule has 1 heterocycles. The summed E-state index contributed by atoms with van der Waals surface area (Å²) in [5.41, 5.74) is 3.56. The van der Waals surface area contributed by atoms with Crippen LogP contribution in [0.15, 0.2) is 107 Å². The Morgan fingerprint density at radius 3 is 2.33 bits per heavy atom. The van der Waals surface area contributed by atoms with Gasteiger partial charge in [-0.15, -0.1) is 11.8 Å². The van der Waals surface area contributed by atoms with Gasteiger partial charge < -0.3 is 19.9 Å². The van der Waals surface area contributed by atoms with Crippen LogP contribution in [-0.4, -0.2) is 82.3 Å². The van der Waals surface area contributed by atoms with Gasteiger partial charge >= 0.3 is 0 Å². The number of rotatable bonds is 16. The Morgan fingerprint density at radius 1 is 1.02 bits per heavy atom. The maximum atomic E-state index is 13.4. The molecule has 1 aliphatic rings. The molecular formula is C39H48N6O5S2. The number of benzene rings is 4. The summed E-state index contributed by atoms with van der Waals surface area (Å²) in [5.74, 6) is 0.333. The summed E-state index contributed by atoms with van der Waals surface area (Å²) >= 11 is 1.65. The number of methoxy groups -OCH3 is 1. The monoisotopic (exact) mass is 744 g/mol. The van der Waals surface area contributed by atoms with Crippen LogP contribution in [0.2, 0.25) is 0 Å². The van der Waals surface area contributed by atoms with Crippen LogP contribution in [0.1, 0.15) is 36.0 Å². The highest BCUT2D eigenvalue weighted by atomic mass is 32.2. The first kappa shape index (κ1) is 38.8. The SMILES string of the molecule is COC1(Cc2ccccc2C)CCN(c2ccc(C(=N)NS(=O)(=O)c3ccc(N[C@H](CCN(C)C)CSc4ccccc4)c([N+](=O)[O-])c3)cc2)CC1. The lowest BCUT2D eigenvalue weighted by Gasteiger charge is -2.42. The van der Waals surface area contributed by atoms with Gasteiger partial charge in [0.05, 0.1) is 15.4 Å². The Hall–Kier alpha value is -4.43. The Morgan fingerprint density at radius 2 is 1.69 bits per heavy atom. The van der Waals surface area contributed by atoms with Gasteiger partial charge in [0.25, 0.3) is 15.7 Å². The second kappa shape index (κ2) is 17.4. The first-order valence-electron chi connectivity index (χ1n) is 17.3. The number of hydrogen-bond acceptors (Lipinski definition) is 10. The molecule has 1 atom stereocenters. The van der Waals surface area contributed by atoms with Gasteiger partial charge in [-0.2, -0.15) is 0 Å². The van der Waals surface area contributed by atoms with E-state index in [2.05, 4.69) is 40.1 Å². The molecule has 0 aromatic heterocycles. The summed E-state index contributed by atoms with van der Waals surface area (Å²) < 4.78 is 35.2. The predicted octanol–water partition coefficient (Wildman–Crippen LogP) is 6.96. The first-order chi connectivity index (χ1) is 24.9. The molecule has 0 bridgehead atoms. The average Bonchev–Trinajstić information content (AvgIpc) is 3.14. The Labute approximate surface area is 311 Å². The summed E-state index contributed by atoms with van der Waals surface area (Å²) in [4.78, 5) is 16.7. The van der Waals surface area contributed by atoms with Gasteiger partial charge in [-0.1, -0.05) is 42.5 Å². The van der Waals surface area contributed by atoms with E-state index in [-0.39, 0.29) is 33.7 Å². The highest BCUT2D eigenvalue weighted by Crippen LogP contribution is 2.33. The van der Waals surface area contributed by atoms with Gasteiger partial charge in [-0.25, -0.2) is 8.42 Å². The van der Waals surface area contributed by atoms with Gasteiger partial charge in [0.15, 0.2) is 0 Å². The number of anilines is 2. The number of sulfonamides is 1. The lowest BCUT2D eigenvalue weighted by molar-refractivity contribution is -0.384. The number of amidine groups is 1. The first-order valence-corrected chi connectivity index (χ1v) is 19.8. The largest absolute Gasteiger partial charge is 0.378 e. The minimum absolute atomic E-state index is 0.117. The van der Waals surface area contributed by atoms with E-state index in [1.54, 1.807) is 31.0 Å². The second-order valence-corrected chi connectivity index (χ2v) is 16.3. The van der Waals surface area contributed by atoms with Crippen molar-refractivity contribution in [2.45, 2.75) is 54.0 Å². The number of nitro groups is 1. The van der Waals surface area contributed by atoms with E-state index in [9.17, 15) is 18.5 Å². The molecule has 0 aliphatic carbocycles. The smallest absolute Gasteiger partial charge is 0.293 e. The third-order valence-electron chi connectivity index (χ3n) is 9.59. The van der Waals surface area contributed by atoms with Crippen molar-refractivity contribution in [3.05, 3.63) is 124 Å². The molecule has 1 saturated heterocycles. The molecule has 1 fully saturated rings. The Balaban J connectivity index is 1.23. The molecule has 4 aromatic carbocycles. The van der Waals surface area contributed by atoms with E-state index in [0.29, 0.717) is 11.3 Å². The lowest BCUT2D eigenvalue weighted by Crippen LogP contribution is -2.47. The highest BCUT2D eigenvalue weighted by molar-refractivity contribution is 7.99. The zero-order chi connectivity index (χ0) is 37.3. The molecule has 1 aliphatic heterocycles. The van der Waals surface area contributed by atoms with Crippen LogP contribution >= 0.6 is 11.8 Å². The molecule has 0 radical (unpaired) electrons. The highest BCUT2D eigenvalue weighted by Gasteiger charge is 2.35. The maximum absolute atomic E-state index is 13.4. The van der Waals surface area contributed by atoms with Crippen molar-refractivity contribution >= 4 is 44.7 Å². The number of piperidine rings is 1. The fraction of sp³-hybridized carbons (Fsp3) is 0.359. The number of ether oxygens (including phenoxy) is 1. The van der Waals surface area contributed by atoms with Gasteiger partial charge in [0, 0.05) is 60.6 Å². The topological polar surface area (TPSA) is 141 Å². The third-order valence-corrected chi connectivity index (χ3v) is 12.1. The van der Waals surface area contributed by atoms with Crippen LogP contribution < -0.4 is 14.9 Å². The zero-order valence-corrected chi connectivity index (χ0v) is 31.8. The molecule has 0 amide bonds. The van der Waals surface area contributed by atoms with E-state index < -0.39 is 14.9 Å². The molecule has 3 N–H and O–H groups in total. The van der Waals surface area contributed by atoms with E-state index >= 15 is 0 Å². The maximum Gasteiger partial charge on any atom is 0.293 e. The van der Waals surface area contributed by atoms with Gasteiger partial charge in [-0.05, 0) is 106 Å². The van der Waals surface area contributed by atoms with Crippen LogP contribution in [0.25, 0.3) is 0 Å². The molecule has 4 aromatic rings. The lowest BCUT2D eigenvalue weighted by atomic mass is 9.83. The van der Waals surface area contributed by atoms with Crippen molar-refractivity contribution in [3.63, 3.8) is 0 Å². The van der Waals surface area contributed by atoms with E-state index in [0.717, 1.165) is 62.0 Å². The molecule has 0 unspecified atom stereocenters.